The number of hydrogen-bond acceptors (Lipinski definition) is 3. The molecule has 4 rings (SSSR count). The third kappa shape index (κ3) is 3.13. The Hall–Kier alpha value is -2.02. The molecular formula is C17H20F2N2O3. The van der Waals surface area contributed by atoms with Crippen LogP contribution in [0.2, 0.25) is 0 Å². The van der Waals surface area contributed by atoms with Crippen LogP contribution in [0, 0.1) is 17.6 Å². The van der Waals surface area contributed by atoms with Crippen LogP contribution in [-0.2, 0) is 9.53 Å². The first-order valence-electron chi connectivity index (χ1n) is 8.05. The summed E-state index contributed by atoms with van der Waals surface area (Å²) in [6, 6.07) is 3.08. The van der Waals surface area contributed by atoms with E-state index in [1.54, 1.807) is 16.9 Å². The van der Waals surface area contributed by atoms with Crippen LogP contribution < -0.4 is 0 Å². The SMILES string of the molecule is COCCN1C(=O)[C@@H]2CC[C@H]1CN(C(=O)c1ccc(F)c(F)c1)C2. The number of carbonyl (C=O) groups excluding carboxylic acids is 2. The van der Waals surface area contributed by atoms with E-state index >= 15 is 0 Å². The molecule has 3 heterocycles. The molecule has 3 aliphatic rings. The van der Waals surface area contributed by atoms with Gasteiger partial charge in [-0.3, -0.25) is 9.59 Å². The molecule has 0 radical (unpaired) electrons. The van der Waals surface area contributed by atoms with Crippen LogP contribution in [0.4, 0.5) is 8.78 Å². The lowest BCUT2D eigenvalue weighted by atomic mass is 9.94. The number of hydrogen-bond donors (Lipinski definition) is 0. The van der Waals surface area contributed by atoms with E-state index in [0.717, 1.165) is 25.0 Å². The monoisotopic (exact) mass is 338 g/mol. The molecule has 0 saturated carbocycles. The number of piperidine rings is 1. The summed E-state index contributed by atoms with van der Waals surface area (Å²) in [7, 11) is 1.58. The Kier molecular flexibility index (Phi) is 4.80. The molecule has 0 spiro atoms. The third-order valence-electron chi connectivity index (χ3n) is 4.78. The Balaban J connectivity index is 1.79. The number of carbonyl (C=O) groups is 2. The first kappa shape index (κ1) is 16.8. The first-order valence-corrected chi connectivity index (χ1v) is 8.05. The second kappa shape index (κ2) is 6.84. The van der Waals surface area contributed by atoms with E-state index in [1.807, 2.05) is 0 Å². The summed E-state index contributed by atoms with van der Waals surface area (Å²) < 4.78 is 31.5. The number of nitrogens with zero attached hydrogens (tertiary/aromatic N) is 2. The number of rotatable bonds is 4. The quantitative estimate of drug-likeness (QED) is 0.839. The van der Waals surface area contributed by atoms with Gasteiger partial charge in [-0.1, -0.05) is 0 Å². The van der Waals surface area contributed by atoms with Gasteiger partial charge in [0.05, 0.1) is 12.5 Å². The molecule has 0 aliphatic carbocycles. The molecule has 24 heavy (non-hydrogen) atoms. The second-order valence-corrected chi connectivity index (χ2v) is 6.29. The number of ether oxygens (including phenoxy) is 1. The van der Waals surface area contributed by atoms with Crippen molar-refractivity contribution in [3.63, 3.8) is 0 Å². The van der Waals surface area contributed by atoms with Gasteiger partial charge in [0.15, 0.2) is 11.6 Å². The molecule has 2 bridgehead atoms. The average molecular weight is 338 g/mol. The molecular weight excluding hydrogens is 318 g/mol. The summed E-state index contributed by atoms with van der Waals surface area (Å²) >= 11 is 0. The Morgan fingerprint density at radius 1 is 1.25 bits per heavy atom. The molecule has 130 valence electrons. The lowest BCUT2D eigenvalue weighted by Crippen LogP contribution is -2.49. The summed E-state index contributed by atoms with van der Waals surface area (Å²) in [4.78, 5) is 28.6. The van der Waals surface area contributed by atoms with E-state index in [0.29, 0.717) is 26.2 Å². The van der Waals surface area contributed by atoms with Crippen LogP contribution in [0.1, 0.15) is 23.2 Å². The zero-order chi connectivity index (χ0) is 17.3. The Morgan fingerprint density at radius 3 is 2.75 bits per heavy atom. The summed E-state index contributed by atoms with van der Waals surface area (Å²) in [6.07, 6.45) is 1.58. The lowest BCUT2D eigenvalue weighted by Gasteiger charge is -2.35. The topological polar surface area (TPSA) is 49.9 Å². The average Bonchev–Trinajstić information content (AvgIpc) is 2.86. The highest BCUT2D eigenvalue weighted by Crippen LogP contribution is 2.29. The largest absolute Gasteiger partial charge is 0.383 e. The minimum atomic E-state index is -1.04. The van der Waals surface area contributed by atoms with Gasteiger partial charge in [0, 0.05) is 38.3 Å². The van der Waals surface area contributed by atoms with Crippen LogP contribution in [0.25, 0.3) is 0 Å². The predicted molar refractivity (Wildman–Crippen MR) is 82.4 cm³/mol. The number of methoxy groups -OCH3 is 1. The molecule has 5 nitrogen and oxygen atoms in total. The van der Waals surface area contributed by atoms with Gasteiger partial charge in [-0.25, -0.2) is 8.78 Å². The highest BCUT2D eigenvalue weighted by atomic mass is 19.2. The molecule has 0 N–H and O–H groups in total. The van der Waals surface area contributed by atoms with E-state index in [1.165, 1.54) is 6.07 Å². The van der Waals surface area contributed by atoms with Crippen molar-refractivity contribution >= 4 is 11.8 Å². The Morgan fingerprint density at radius 2 is 2.04 bits per heavy atom. The Bertz CT molecular complexity index is 653. The van der Waals surface area contributed by atoms with Crippen molar-refractivity contribution < 1.29 is 23.1 Å². The zero-order valence-corrected chi connectivity index (χ0v) is 13.5. The molecule has 0 unspecified atom stereocenters. The van der Waals surface area contributed by atoms with Crippen molar-refractivity contribution in [2.75, 3.05) is 33.4 Å². The highest BCUT2D eigenvalue weighted by Gasteiger charge is 2.41. The minimum Gasteiger partial charge on any atom is -0.383 e. The third-order valence-corrected chi connectivity index (χ3v) is 4.78. The van der Waals surface area contributed by atoms with E-state index in [9.17, 15) is 18.4 Å². The van der Waals surface area contributed by atoms with Crippen molar-refractivity contribution in [3.8, 4) is 0 Å². The molecule has 3 aliphatic heterocycles. The summed E-state index contributed by atoms with van der Waals surface area (Å²) in [5.41, 5.74) is 0.103. The molecule has 1 aromatic rings. The molecule has 3 fully saturated rings. The van der Waals surface area contributed by atoms with Crippen molar-refractivity contribution in [1.29, 1.82) is 0 Å². The molecule has 2 atom stereocenters. The van der Waals surface area contributed by atoms with E-state index in [-0.39, 0.29) is 29.3 Å². The van der Waals surface area contributed by atoms with Gasteiger partial charge in [0.1, 0.15) is 0 Å². The van der Waals surface area contributed by atoms with Gasteiger partial charge in [-0.2, -0.15) is 0 Å². The lowest BCUT2D eigenvalue weighted by molar-refractivity contribution is -0.140. The zero-order valence-electron chi connectivity index (χ0n) is 13.5. The van der Waals surface area contributed by atoms with E-state index in [4.69, 9.17) is 4.74 Å². The molecule has 3 saturated heterocycles. The number of benzene rings is 1. The fourth-order valence-corrected chi connectivity index (χ4v) is 3.50. The van der Waals surface area contributed by atoms with Crippen LogP contribution in [0.5, 0.6) is 0 Å². The van der Waals surface area contributed by atoms with Crippen molar-refractivity contribution in [3.05, 3.63) is 35.4 Å². The fraction of sp³-hybridized carbons (Fsp3) is 0.529. The highest BCUT2D eigenvalue weighted by molar-refractivity contribution is 5.95. The first-order chi connectivity index (χ1) is 11.5. The summed E-state index contributed by atoms with van der Waals surface area (Å²) in [5, 5.41) is 0. The number of amides is 2. The van der Waals surface area contributed by atoms with Gasteiger partial charge in [0.25, 0.3) is 5.91 Å². The van der Waals surface area contributed by atoms with Crippen LogP contribution >= 0.6 is 0 Å². The molecule has 7 heteroatoms. The summed E-state index contributed by atoms with van der Waals surface area (Å²) in [5.74, 6) is -2.59. The molecule has 2 amide bonds. The Labute approximate surface area is 139 Å². The van der Waals surface area contributed by atoms with Gasteiger partial charge in [-0.05, 0) is 31.0 Å². The van der Waals surface area contributed by atoms with Gasteiger partial charge < -0.3 is 14.5 Å². The van der Waals surface area contributed by atoms with Crippen molar-refractivity contribution in [2.45, 2.75) is 18.9 Å². The molecule has 1 aromatic carbocycles. The van der Waals surface area contributed by atoms with Gasteiger partial charge in [-0.15, -0.1) is 0 Å². The van der Waals surface area contributed by atoms with Crippen LogP contribution in [0.3, 0.4) is 0 Å². The standard InChI is InChI=1S/C17H20F2N2O3/c1-24-7-6-21-13-4-2-12(17(21)23)9-20(10-13)16(22)11-3-5-14(18)15(19)8-11/h3,5,8,12-13H,2,4,6-7,9-10H2,1H3/t12-,13+/m1/s1. The second-order valence-electron chi connectivity index (χ2n) is 6.29. The maximum absolute atomic E-state index is 13.4. The minimum absolute atomic E-state index is 0.0453. The number of halogens is 2. The van der Waals surface area contributed by atoms with Gasteiger partial charge in [0.2, 0.25) is 5.91 Å². The fourth-order valence-electron chi connectivity index (χ4n) is 3.50. The molecule has 0 aromatic heterocycles. The maximum Gasteiger partial charge on any atom is 0.254 e. The smallest absolute Gasteiger partial charge is 0.254 e. The summed E-state index contributed by atoms with van der Waals surface area (Å²) in [6.45, 7) is 1.68. The van der Waals surface area contributed by atoms with Crippen molar-refractivity contribution in [1.82, 2.24) is 9.80 Å². The maximum atomic E-state index is 13.4. The van der Waals surface area contributed by atoms with Crippen molar-refractivity contribution in [2.24, 2.45) is 5.92 Å². The van der Waals surface area contributed by atoms with E-state index < -0.39 is 11.6 Å². The predicted octanol–water partition coefficient (Wildman–Crippen LogP) is 1.67. The van der Waals surface area contributed by atoms with Crippen LogP contribution in [-0.4, -0.2) is 61.0 Å². The normalized spacial score (nSPS) is 23.5. The van der Waals surface area contributed by atoms with Crippen LogP contribution in [0.15, 0.2) is 18.2 Å². The number of fused-ring (bicyclic) bond motifs is 4. The van der Waals surface area contributed by atoms with Gasteiger partial charge >= 0.3 is 0 Å². The van der Waals surface area contributed by atoms with E-state index in [2.05, 4.69) is 0 Å².